The van der Waals surface area contributed by atoms with Crippen LogP contribution >= 0.6 is 0 Å². The van der Waals surface area contributed by atoms with E-state index in [2.05, 4.69) is 76.0 Å². The molecule has 21 heavy (non-hydrogen) atoms. The molecule has 0 radical (unpaired) electrons. The van der Waals surface area contributed by atoms with Gasteiger partial charge in [-0.15, -0.1) is 0 Å². The zero-order valence-corrected chi connectivity index (χ0v) is 14.8. The van der Waals surface area contributed by atoms with E-state index in [-0.39, 0.29) is 0 Å². The molecular weight excluding hydrogens is 256 g/mol. The first kappa shape index (κ1) is 18.2. The minimum Gasteiger partial charge on any atom is -0.316 e. The van der Waals surface area contributed by atoms with Gasteiger partial charge >= 0.3 is 0 Å². The zero-order chi connectivity index (χ0) is 15.8. The van der Waals surface area contributed by atoms with Crippen LogP contribution in [0.3, 0.4) is 0 Å². The van der Waals surface area contributed by atoms with E-state index in [1.54, 1.807) is 0 Å². The largest absolute Gasteiger partial charge is 0.316 e. The predicted molar refractivity (Wildman–Crippen MR) is 93.8 cm³/mol. The van der Waals surface area contributed by atoms with Crippen LogP contribution in [0.15, 0.2) is 24.3 Å². The Balaban J connectivity index is 2.52. The summed E-state index contributed by atoms with van der Waals surface area (Å²) < 4.78 is 0. The third-order valence-corrected chi connectivity index (χ3v) is 4.07. The van der Waals surface area contributed by atoms with Crippen LogP contribution in [0.4, 0.5) is 0 Å². The molecule has 0 aliphatic carbocycles. The van der Waals surface area contributed by atoms with Crippen molar-refractivity contribution >= 4 is 0 Å². The van der Waals surface area contributed by atoms with Gasteiger partial charge in [0.2, 0.25) is 0 Å². The Bertz CT molecular complexity index is 381. The molecule has 1 rings (SSSR count). The third kappa shape index (κ3) is 6.62. The van der Waals surface area contributed by atoms with Gasteiger partial charge in [0, 0.05) is 19.1 Å². The number of nitrogens with one attached hydrogen (secondary N) is 1. The molecule has 0 amide bonds. The van der Waals surface area contributed by atoms with Crippen molar-refractivity contribution in [3.05, 3.63) is 35.4 Å². The molecule has 0 aliphatic heterocycles. The lowest BCUT2D eigenvalue weighted by Crippen LogP contribution is -2.29. The minimum atomic E-state index is 0.574. The first-order chi connectivity index (χ1) is 9.93. The molecule has 1 unspecified atom stereocenters. The van der Waals surface area contributed by atoms with Gasteiger partial charge in [-0.1, -0.05) is 52.0 Å². The topological polar surface area (TPSA) is 15.3 Å². The van der Waals surface area contributed by atoms with Gasteiger partial charge in [0.1, 0.15) is 0 Å². The molecule has 0 heterocycles. The zero-order valence-electron chi connectivity index (χ0n) is 14.8. The second-order valence-corrected chi connectivity index (χ2v) is 6.85. The van der Waals surface area contributed by atoms with E-state index in [0.29, 0.717) is 12.0 Å². The van der Waals surface area contributed by atoms with E-state index in [1.165, 1.54) is 11.1 Å². The maximum absolute atomic E-state index is 3.55. The molecule has 0 aliphatic rings. The fourth-order valence-electron chi connectivity index (χ4n) is 2.55. The number of hydrogen-bond acceptors (Lipinski definition) is 2. The molecule has 1 atom stereocenters. The van der Waals surface area contributed by atoms with Crippen molar-refractivity contribution in [2.75, 3.05) is 19.6 Å². The van der Waals surface area contributed by atoms with Gasteiger partial charge in [0.05, 0.1) is 0 Å². The summed E-state index contributed by atoms with van der Waals surface area (Å²) in [6.07, 6.45) is 0. The number of hydrogen-bond donors (Lipinski definition) is 1. The van der Waals surface area contributed by atoms with Crippen LogP contribution < -0.4 is 5.32 Å². The van der Waals surface area contributed by atoms with E-state index in [1.807, 2.05) is 0 Å². The fraction of sp³-hybridized carbons (Fsp3) is 0.684. The maximum atomic E-state index is 3.55. The molecule has 1 aromatic rings. The highest BCUT2D eigenvalue weighted by molar-refractivity contribution is 5.25. The molecule has 2 heteroatoms. The van der Waals surface area contributed by atoms with Crippen LogP contribution in [0.25, 0.3) is 0 Å². The van der Waals surface area contributed by atoms with E-state index < -0.39 is 0 Å². The Hall–Kier alpha value is -0.860. The van der Waals surface area contributed by atoms with E-state index in [0.717, 1.165) is 32.1 Å². The molecule has 2 nitrogen and oxygen atoms in total. The Kier molecular flexibility index (Phi) is 7.98. The van der Waals surface area contributed by atoms with Crippen molar-refractivity contribution in [3.63, 3.8) is 0 Å². The number of nitrogens with zero attached hydrogens (tertiary/aromatic N) is 1. The standard InChI is InChI=1S/C19H34N2/c1-7-21(16(4)5)14-18-8-10-19(11-9-18)17(6)13-20-12-15(2)3/h8-11,15-17,20H,7,12-14H2,1-6H3. The van der Waals surface area contributed by atoms with E-state index in [9.17, 15) is 0 Å². The summed E-state index contributed by atoms with van der Waals surface area (Å²) in [6, 6.07) is 9.78. The van der Waals surface area contributed by atoms with Crippen molar-refractivity contribution in [3.8, 4) is 0 Å². The van der Waals surface area contributed by atoms with Gasteiger partial charge in [-0.3, -0.25) is 4.90 Å². The lowest BCUT2D eigenvalue weighted by Gasteiger charge is -2.25. The summed E-state index contributed by atoms with van der Waals surface area (Å²) in [6.45, 7) is 17.9. The average molecular weight is 290 g/mol. The molecule has 1 N–H and O–H groups in total. The minimum absolute atomic E-state index is 0.574. The summed E-state index contributed by atoms with van der Waals surface area (Å²) in [5.74, 6) is 1.29. The molecular formula is C19H34N2. The smallest absolute Gasteiger partial charge is 0.0236 e. The summed E-state index contributed by atoms with van der Waals surface area (Å²) in [5.41, 5.74) is 2.85. The summed E-state index contributed by atoms with van der Waals surface area (Å²) in [5, 5.41) is 3.55. The van der Waals surface area contributed by atoms with Gasteiger partial charge in [-0.25, -0.2) is 0 Å². The average Bonchev–Trinajstić information content (AvgIpc) is 2.44. The Morgan fingerprint density at radius 2 is 1.57 bits per heavy atom. The van der Waals surface area contributed by atoms with Crippen molar-refractivity contribution in [2.45, 2.75) is 60.0 Å². The highest BCUT2D eigenvalue weighted by Gasteiger charge is 2.09. The van der Waals surface area contributed by atoms with Crippen LogP contribution in [0.2, 0.25) is 0 Å². The summed E-state index contributed by atoms with van der Waals surface area (Å²) in [7, 11) is 0. The van der Waals surface area contributed by atoms with Gasteiger partial charge in [-0.05, 0) is 49.9 Å². The Morgan fingerprint density at radius 1 is 0.952 bits per heavy atom. The predicted octanol–water partition coefficient (Wildman–Crippen LogP) is 4.27. The van der Waals surface area contributed by atoms with Crippen LogP contribution in [-0.4, -0.2) is 30.6 Å². The SMILES string of the molecule is CCN(Cc1ccc(C(C)CNCC(C)C)cc1)C(C)C. The van der Waals surface area contributed by atoms with Crippen LogP contribution in [0.5, 0.6) is 0 Å². The van der Waals surface area contributed by atoms with Crippen molar-refractivity contribution in [1.82, 2.24) is 10.2 Å². The Morgan fingerprint density at radius 3 is 2.05 bits per heavy atom. The van der Waals surface area contributed by atoms with Crippen molar-refractivity contribution in [2.24, 2.45) is 5.92 Å². The van der Waals surface area contributed by atoms with Crippen molar-refractivity contribution in [1.29, 1.82) is 0 Å². The monoisotopic (exact) mass is 290 g/mol. The van der Waals surface area contributed by atoms with E-state index >= 15 is 0 Å². The molecule has 0 fully saturated rings. The number of rotatable bonds is 9. The first-order valence-electron chi connectivity index (χ1n) is 8.47. The Labute approximate surface area is 131 Å². The van der Waals surface area contributed by atoms with Gasteiger partial charge < -0.3 is 5.32 Å². The quantitative estimate of drug-likeness (QED) is 0.731. The van der Waals surface area contributed by atoms with Crippen molar-refractivity contribution < 1.29 is 0 Å². The van der Waals surface area contributed by atoms with Crippen LogP contribution in [0.1, 0.15) is 58.6 Å². The first-order valence-corrected chi connectivity index (χ1v) is 8.47. The summed E-state index contributed by atoms with van der Waals surface area (Å²) in [4.78, 5) is 2.49. The maximum Gasteiger partial charge on any atom is 0.0236 e. The lowest BCUT2D eigenvalue weighted by atomic mass is 9.99. The lowest BCUT2D eigenvalue weighted by molar-refractivity contribution is 0.225. The van der Waals surface area contributed by atoms with Gasteiger partial charge in [-0.2, -0.15) is 0 Å². The second-order valence-electron chi connectivity index (χ2n) is 6.85. The van der Waals surface area contributed by atoms with Gasteiger partial charge in [0.25, 0.3) is 0 Å². The number of benzene rings is 1. The fourth-order valence-corrected chi connectivity index (χ4v) is 2.55. The normalized spacial score (nSPS) is 13.4. The summed E-state index contributed by atoms with van der Waals surface area (Å²) >= 11 is 0. The molecule has 0 aromatic heterocycles. The molecule has 0 bridgehead atoms. The highest BCUT2D eigenvalue weighted by Crippen LogP contribution is 2.16. The van der Waals surface area contributed by atoms with Crippen LogP contribution in [-0.2, 0) is 6.54 Å². The third-order valence-electron chi connectivity index (χ3n) is 4.07. The molecule has 0 spiro atoms. The highest BCUT2D eigenvalue weighted by atomic mass is 15.1. The molecule has 0 saturated heterocycles. The molecule has 120 valence electrons. The van der Waals surface area contributed by atoms with Gasteiger partial charge in [0.15, 0.2) is 0 Å². The molecule has 0 saturated carbocycles. The van der Waals surface area contributed by atoms with Crippen LogP contribution in [0, 0.1) is 5.92 Å². The molecule has 1 aromatic carbocycles. The second kappa shape index (κ2) is 9.22. The van der Waals surface area contributed by atoms with E-state index in [4.69, 9.17) is 0 Å².